The molecule has 1 aliphatic heterocycles. The van der Waals surface area contributed by atoms with Crippen molar-refractivity contribution in [3.05, 3.63) is 75.8 Å². The second kappa shape index (κ2) is 10.2. The van der Waals surface area contributed by atoms with Gasteiger partial charge in [0.25, 0.3) is 0 Å². The summed E-state index contributed by atoms with van der Waals surface area (Å²) in [5, 5.41) is 29.8. The fraction of sp³-hybridized carbons (Fsp3) is 0.360. The van der Waals surface area contributed by atoms with E-state index < -0.39 is 27.8 Å². The molecule has 2 aromatic carbocycles. The summed E-state index contributed by atoms with van der Waals surface area (Å²) in [7, 11) is -3.51. The molecule has 32 heavy (non-hydrogen) atoms. The Morgan fingerprint density at radius 1 is 1.19 bits per heavy atom. The standard InChI is InChI=1S/C25H29ClO5S/c1-16(2)21-15-32(30,31)24(14-27)25(21)23(29)11-9-18(17-6-4-3-5-7-17)12-19-8-10-20(28)13-22(19)26/h3-8,10,12-13,16,23-24,27-29H,9,11,14-15H2,1-2H3/b18-12-/t23-,24+/m1/s1. The SMILES string of the molecule is CC(C)C1=C([C@H](O)CC/C(=C/c2ccc(O)cc2Cl)c2ccccc2)[C@H](CO)S(=O)(=O)C1. The summed E-state index contributed by atoms with van der Waals surface area (Å²) >= 11 is 6.29. The molecule has 0 fully saturated rings. The van der Waals surface area contributed by atoms with Crippen molar-refractivity contribution in [3.63, 3.8) is 0 Å². The number of aromatic hydroxyl groups is 1. The van der Waals surface area contributed by atoms with Gasteiger partial charge in [0.05, 0.1) is 23.5 Å². The molecule has 0 saturated heterocycles. The number of aliphatic hydroxyl groups is 2. The van der Waals surface area contributed by atoms with Gasteiger partial charge in [-0.15, -0.1) is 0 Å². The van der Waals surface area contributed by atoms with Crippen LogP contribution in [-0.2, 0) is 9.84 Å². The predicted octanol–water partition coefficient (Wildman–Crippen LogP) is 4.47. The van der Waals surface area contributed by atoms with E-state index in [1.54, 1.807) is 12.1 Å². The van der Waals surface area contributed by atoms with Crippen LogP contribution < -0.4 is 0 Å². The highest BCUT2D eigenvalue weighted by Crippen LogP contribution is 2.36. The van der Waals surface area contributed by atoms with E-state index >= 15 is 0 Å². The van der Waals surface area contributed by atoms with E-state index in [1.165, 1.54) is 6.07 Å². The molecule has 0 bridgehead atoms. The molecule has 2 atom stereocenters. The minimum absolute atomic E-state index is 0.0362. The van der Waals surface area contributed by atoms with E-state index in [1.807, 2.05) is 50.3 Å². The monoisotopic (exact) mass is 476 g/mol. The first-order chi connectivity index (χ1) is 15.1. The molecule has 172 valence electrons. The first kappa shape index (κ1) is 24.5. The van der Waals surface area contributed by atoms with Crippen LogP contribution in [0.15, 0.2) is 59.7 Å². The van der Waals surface area contributed by atoms with Gasteiger partial charge in [0.15, 0.2) is 9.84 Å². The number of rotatable bonds is 8. The van der Waals surface area contributed by atoms with Gasteiger partial charge in [0.2, 0.25) is 0 Å². The lowest BCUT2D eigenvalue weighted by Gasteiger charge is -2.21. The minimum Gasteiger partial charge on any atom is -0.508 e. The van der Waals surface area contributed by atoms with Crippen LogP contribution in [0.2, 0.25) is 5.02 Å². The van der Waals surface area contributed by atoms with Gasteiger partial charge in [0, 0.05) is 0 Å². The third-order valence-corrected chi connectivity index (χ3v) is 8.19. The van der Waals surface area contributed by atoms with Crippen molar-refractivity contribution in [2.45, 2.75) is 38.0 Å². The van der Waals surface area contributed by atoms with Crippen molar-refractivity contribution in [2.24, 2.45) is 5.92 Å². The van der Waals surface area contributed by atoms with Gasteiger partial charge < -0.3 is 15.3 Å². The van der Waals surface area contributed by atoms with E-state index in [2.05, 4.69) is 0 Å². The van der Waals surface area contributed by atoms with Crippen molar-refractivity contribution < 1.29 is 23.7 Å². The van der Waals surface area contributed by atoms with Crippen LogP contribution >= 0.6 is 11.6 Å². The normalized spacial score (nSPS) is 19.6. The highest BCUT2D eigenvalue weighted by Gasteiger charge is 2.41. The Bertz CT molecular complexity index is 1120. The van der Waals surface area contributed by atoms with Crippen LogP contribution in [0.3, 0.4) is 0 Å². The Morgan fingerprint density at radius 3 is 2.47 bits per heavy atom. The smallest absolute Gasteiger partial charge is 0.163 e. The number of hydrogen-bond donors (Lipinski definition) is 3. The zero-order valence-corrected chi connectivity index (χ0v) is 19.8. The van der Waals surface area contributed by atoms with Crippen LogP contribution in [0.1, 0.15) is 37.8 Å². The fourth-order valence-corrected chi connectivity index (χ4v) is 6.45. The van der Waals surface area contributed by atoms with Crippen molar-refractivity contribution in [2.75, 3.05) is 12.4 Å². The molecule has 1 heterocycles. The zero-order chi connectivity index (χ0) is 23.5. The summed E-state index contributed by atoms with van der Waals surface area (Å²) in [4.78, 5) is 0. The Labute approximate surface area is 194 Å². The maximum atomic E-state index is 12.5. The molecule has 0 radical (unpaired) electrons. The molecular weight excluding hydrogens is 448 g/mol. The molecule has 3 rings (SSSR count). The van der Waals surface area contributed by atoms with Gasteiger partial charge in [-0.2, -0.15) is 0 Å². The maximum Gasteiger partial charge on any atom is 0.163 e. The molecule has 0 spiro atoms. The summed E-state index contributed by atoms with van der Waals surface area (Å²) < 4.78 is 25.1. The molecule has 0 aliphatic carbocycles. The molecule has 0 unspecified atom stereocenters. The van der Waals surface area contributed by atoms with Gasteiger partial charge >= 0.3 is 0 Å². The molecular formula is C25H29ClO5S. The molecule has 5 nitrogen and oxygen atoms in total. The number of sulfone groups is 1. The highest BCUT2D eigenvalue weighted by atomic mass is 35.5. The van der Waals surface area contributed by atoms with Crippen LogP contribution in [0.25, 0.3) is 11.6 Å². The average molecular weight is 477 g/mol. The fourth-order valence-electron chi connectivity index (χ4n) is 4.16. The van der Waals surface area contributed by atoms with Crippen molar-refractivity contribution in [1.29, 1.82) is 0 Å². The number of aliphatic hydroxyl groups excluding tert-OH is 2. The Balaban J connectivity index is 1.92. The second-order valence-corrected chi connectivity index (χ2v) is 11.0. The van der Waals surface area contributed by atoms with Crippen LogP contribution in [0.4, 0.5) is 0 Å². The van der Waals surface area contributed by atoms with E-state index in [9.17, 15) is 23.7 Å². The molecule has 1 aliphatic rings. The number of benzene rings is 2. The second-order valence-electron chi connectivity index (χ2n) is 8.41. The summed E-state index contributed by atoms with van der Waals surface area (Å²) in [5.41, 5.74) is 3.75. The van der Waals surface area contributed by atoms with Gasteiger partial charge in [-0.05, 0) is 70.9 Å². The first-order valence-electron chi connectivity index (χ1n) is 10.6. The van der Waals surface area contributed by atoms with E-state index in [0.717, 1.165) is 16.7 Å². The van der Waals surface area contributed by atoms with E-state index in [0.29, 0.717) is 29.0 Å². The van der Waals surface area contributed by atoms with Gasteiger partial charge in [-0.25, -0.2) is 8.42 Å². The quantitative estimate of drug-likeness (QED) is 0.386. The van der Waals surface area contributed by atoms with Crippen molar-refractivity contribution in [1.82, 2.24) is 0 Å². The van der Waals surface area contributed by atoms with E-state index in [4.69, 9.17) is 11.6 Å². The number of hydrogen-bond acceptors (Lipinski definition) is 5. The lowest BCUT2D eigenvalue weighted by atomic mass is 9.89. The predicted molar refractivity (Wildman–Crippen MR) is 129 cm³/mol. The maximum absolute atomic E-state index is 12.5. The minimum atomic E-state index is -3.51. The highest BCUT2D eigenvalue weighted by molar-refractivity contribution is 7.92. The summed E-state index contributed by atoms with van der Waals surface area (Å²) in [6.45, 7) is 3.27. The van der Waals surface area contributed by atoms with Gasteiger partial charge in [-0.3, -0.25) is 0 Å². The Hall–Kier alpha value is -2.12. The molecule has 0 aromatic heterocycles. The Morgan fingerprint density at radius 2 is 1.88 bits per heavy atom. The molecule has 7 heteroatoms. The van der Waals surface area contributed by atoms with Gasteiger partial charge in [-0.1, -0.05) is 55.8 Å². The molecule has 0 saturated carbocycles. The third kappa shape index (κ3) is 5.44. The third-order valence-electron chi connectivity index (χ3n) is 5.88. The van der Waals surface area contributed by atoms with Crippen molar-refractivity contribution in [3.8, 4) is 5.75 Å². The summed E-state index contributed by atoms with van der Waals surface area (Å²) in [5.74, 6) is -0.0762. The Kier molecular flexibility index (Phi) is 7.83. The van der Waals surface area contributed by atoms with Gasteiger partial charge in [0.1, 0.15) is 11.0 Å². The molecule has 0 amide bonds. The topological polar surface area (TPSA) is 94.8 Å². The molecule has 3 N–H and O–H groups in total. The van der Waals surface area contributed by atoms with Crippen LogP contribution in [0.5, 0.6) is 5.75 Å². The van der Waals surface area contributed by atoms with Crippen molar-refractivity contribution >= 4 is 33.1 Å². The number of allylic oxidation sites excluding steroid dienone is 1. The lowest BCUT2D eigenvalue weighted by Crippen LogP contribution is -2.29. The van der Waals surface area contributed by atoms with Crippen LogP contribution in [-0.4, -0.2) is 47.5 Å². The number of halogens is 1. The largest absolute Gasteiger partial charge is 0.508 e. The lowest BCUT2D eigenvalue weighted by molar-refractivity contribution is 0.189. The summed E-state index contributed by atoms with van der Waals surface area (Å²) in [6.07, 6.45) is 1.70. The first-order valence-corrected chi connectivity index (χ1v) is 12.7. The number of phenols is 1. The molecule has 2 aromatic rings. The van der Waals surface area contributed by atoms with E-state index in [-0.39, 0.29) is 17.4 Å². The van der Waals surface area contributed by atoms with Crippen LogP contribution in [0, 0.1) is 5.92 Å². The number of phenolic OH excluding ortho intramolecular Hbond substituents is 1. The zero-order valence-electron chi connectivity index (χ0n) is 18.2. The summed E-state index contributed by atoms with van der Waals surface area (Å²) in [6, 6.07) is 14.4. The average Bonchev–Trinajstić information content (AvgIpc) is 3.03.